The molecular formula is C9H12N2O2. The van der Waals surface area contributed by atoms with Crippen LogP contribution in [0.5, 0.6) is 0 Å². The second-order valence-corrected chi connectivity index (χ2v) is 2.61. The van der Waals surface area contributed by atoms with Crippen LogP contribution in [0.3, 0.4) is 0 Å². The molecular weight excluding hydrogens is 168 g/mol. The molecule has 2 N–H and O–H groups in total. The summed E-state index contributed by atoms with van der Waals surface area (Å²) in [5.41, 5.74) is 6.61. The van der Waals surface area contributed by atoms with E-state index in [-0.39, 0.29) is 5.91 Å². The van der Waals surface area contributed by atoms with Gasteiger partial charge in [0, 0.05) is 18.3 Å². The summed E-state index contributed by atoms with van der Waals surface area (Å²) in [5, 5.41) is 1.15. The van der Waals surface area contributed by atoms with Gasteiger partial charge in [0.1, 0.15) is 0 Å². The molecule has 0 fully saturated rings. The van der Waals surface area contributed by atoms with E-state index in [2.05, 4.69) is 0 Å². The first-order valence-corrected chi connectivity index (χ1v) is 3.83. The highest BCUT2D eigenvalue weighted by atomic mass is 16.7. The van der Waals surface area contributed by atoms with Crippen LogP contribution < -0.4 is 5.73 Å². The molecule has 0 heterocycles. The number of hydroxylamine groups is 2. The van der Waals surface area contributed by atoms with Gasteiger partial charge < -0.3 is 5.73 Å². The van der Waals surface area contributed by atoms with Crippen molar-refractivity contribution in [3.8, 4) is 0 Å². The number of carbonyl (C=O) groups is 1. The molecule has 70 valence electrons. The molecule has 0 aliphatic rings. The lowest BCUT2D eigenvalue weighted by atomic mass is 10.2. The molecule has 0 saturated carbocycles. The maximum atomic E-state index is 11.5. The Bertz CT molecular complexity index is 312. The normalized spacial score (nSPS) is 9.69. The predicted molar refractivity (Wildman–Crippen MR) is 50.0 cm³/mol. The molecule has 1 aromatic rings. The lowest BCUT2D eigenvalue weighted by Gasteiger charge is -2.13. The first-order valence-electron chi connectivity index (χ1n) is 3.83. The van der Waals surface area contributed by atoms with Crippen molar-refractivity contribution >= 4 is 11.6 Å². The van der Waals surface area contributed by atoms with Crippen LogP contribution in [-0.2, 0) is 4.84 Å². The summed E-state index contributed by atoms with van der Waals surface area (Å²) >= 11 is 0. The van der Waals surface area contributed by atoms with Crippen molar-refractivity contribution in [2.45, 2.75) is 0 Å². The largest absolute Gasteiger partial charge is 0.399 e. The number of amides is 1. The zero-order valence-electron chi connectivity index (χ0n) is 7.65. The van der Waals surface area contributed by atoms with Crippen molar-refractivity contribution in [3.05, 3.63) is 29.8 Å². The molecule has 0 atom stereocenters. The molecule has 0 aliphatic heterocycles. The van der Waals surface area contributed by atoms with E-state index in [1.165, 1.54) is 7.11 Å². The quantitative estimate of drug-likeness (QED) is 0.543. The molecule has 1 amide bonds. The molecule has 1 rings (SSSR count). The molecule has 0 aliphatic carbocycles. The Hall–Kier alpha value is -1.55. The van der Waals surface area contributed by atoms with Gasteiger partial charge in [-0.3, -0.25) is 9.63 Å². The minimum Gasteiger partial charge on any atom is -0.399 e. The summed E-state index contributed by atoms with van der Waals surface area (Å²) < 4.78 is 0. The number of nitrogen functional groups attached to an aromatic ring is 1. The van der Waals surface area contributed by atoms with Gasteiger partial charge in [0.15, 0.2) is 0 Å². The van der Waals surface area contributed by atoms with Crippen LogP contribution in [0, 0.1) is 0 Å². The maximum absolute atomic E-state index is 11.5. The smallest absolute Gasteiger partial charge is 0.277 e. The number of carbonyl (C=O) groups excluding carboxylic acids is 1. The molecule has 0 saturated heterocycles. The van der Waals surface area contributed by atoms with E-state index in [9.17, 15) is 4.79 Å². The summed E-state index contributed by atoms with van der Waals surface area (Å²) in [7, 11) is 2.98. The van der Waals surface area contributed by atoms with E-state index >= 15 is 0 Å². The Labute approximate surface area is 76.9 Å². The highest BCUT2D eigenvalue weighted by molar-refractivity contribution is 5.94. The molecule has 13 heavy (non-hydrogen) atoms. The molecule has 0 radical (unpaired) electrons. The third-order valence-electron chi connectivity index (χ3n) is 1.69. The minimum atomic E-state index is -0.213. The van der Waals surface area contributed by atoms with E-state index in [0.717, 1.165) is 5.06 Å². The van der Waals surface area contributed by atoms with Crippen molar-refractivity contribution < 1.29 is 9.63 Å². The summed E-state index contributed by atoms with van der Waals surface area (Å²) in [4.78, 5) is 16.2. The van der Waals surface area contributed by atoms with Crippen LogP contribution >= 0.6 is 0 Å². The molecule has 4 heteroatoms. The zero-order chi connectivity index (χ0) is 9.84. The fourth-order valence-corrected chi connectivity index (χ4v) is 0.936. The zero-order valence-corrected chi connectivity index (χ0v) is 7.65. The number of rotatable bonds is 2. The van der Waals surface area contributed by atoms with Gasteiger partial charge in [-0.2, -0.15) is 0 Å². The number of hydrogen-bond donors (Lipinski definition) is 1. The second-order valence-electron chi connectivity index (χ2n) is 2.61. The molecule has 0 bridgehead atoms. The molecule has 0 unspecified atom stereocenters. The number of nitrogens with two attached hydrogens (primary N) is 1. The van der Waals surface area contributed by atoms with Crippen LogP contribution in [0.25, 0.3) is 0 Å². The molecule has 1 aromatic carbocycles. The first kappa shape index (κ1) is 9.54. The predicted octanol–water partition coefficient (Wildman–Crippen LogP) is 0.902. The Morgan fingerprint density at radius 2 is 2.23 bits per heavy atom. The third kappa shape index (κ3) is 2.19. The SMILES string of the molecule is CON(C)C(=O)c1cccc(N)c1. The van der Waals surface area contributed by atoms with E-state index in [0.29, 0.717) is 11.3 Å². The Morgan fingerprint density at radius 3 is 2.77 bits per heavy atom. The van der Waals surface area contributed by atoms with Gasteiger partial charge in [-0.15, -0.1) is 0 Å². The maximum Gasteiger partial charge on any atom is 0.277 e. The van der Waals surface area contributed by atoms with Crippen LogP contribution in [0.2, 0.25) is 0 Å². The topological polar surface area (TPSA) is 55.6 Å². The van der Waals surface area contributed by atoms with Crippen molar-refractivity contribution in [2.75, 3.05) is 19.9 Å². The van der Waals surface area contributed by atoms with Gasteiger partial charge in [-0.25, -0.2) is 5.06 Å². The van der Waals surface area contributed by atoms with Crippen LogP contribution in [-0.4, -0.2) is 25.1 Å². The van der Waals surface area contributed by atoms with Crippen LogP contribution in [0.4, 0.5) is 5.69 Å². The monoisotopic (exact) mass is 180 g/mol. The standard InChI is InChI=1S/C9H12N2O2/c1-11(13-2)9(12)7-4-3-5-8(10)6-7/h3-6H,10H2,1-2H3. The van der Waals surface area contributed by atoms with Crippen molar-refractivity contribution in [3.63, 3.8) is 0 Å². The fraction of sp³-hybridized carbons (Fsp3) is 0.222. The van der Waals surface area contributed by atoms with E-state index < -0.39 is 0 Å². The number of benzene rings is 1. The number of nitrogens with zero attached hydrogens (tertiary/aromatic N) is 1. The first-order chi connectivity index (χ1) is 6.15. The Balaban J connectivity index is 2.89. The van der Waals surface area contributed by atoms with Crippen LogP contribution in [0.15, 0.2) is 24.3 Å². The summed E-state index contributed by atoms with van der Waals surface area (Å²) in [6.45, 7) is 0. The van der Waals surface area contributed by atoms with Crippen molar-refractivity contribution in [2.24, 2.45) is 0 Å². The van der Waals surface area contributed by atoms with E-state index in [1.807, 2.05) is 0 Å². The van der Waals surface area contributed by atoms with Crippen LogP contribution in [0.1, 0.15) is 10.4 Å². The second kappa shape index (κ2) is 3.91. The van der Waals surface area contributed by atoms with Crippen molar-refractivity contribution in [1.82, 2.24) is 5.06 Å². The van der Waals surface area contributed by atoms with Gasteiger partial charge >= 0.3 is 0 Å². The van der Waals surface area contributed by atoms with E-state index in [1.54, 1.807) is 31.3 Å². The van der Waals surface area contributed by atoms with E-state index in [4.69, 9.17) is 10.6 Å². The van der Waals surface area contributed by atoms with Gasteiger partial charge in [-0.1, -0.05) is 6.07 Å². The molecule has 4 nitrogen and oxygen atoms in total. The summed E-state index contributed by atoms with van der Waals surface area (Å²) in [5.74, 6) is -0.213. The summed E-state index contributed by atoms with van der Waals surface area (Å²) in [6, 6.07) is 6.75. The third-order valence-corrected chi connectivity index (χ3v) is 1.69. The number of anilines is 1. The average Bonchev–Trinajstić information content (AvgIpc) is 2.15. The average molecular weight is 180 g/mol. The van der Waals surface area contributed by atoms with Gasteiger partial charge in [-0.05, 0) is 18.2 Å². The molecule has 0 spiro atoms. The molecule has 0 aromatic heterocycles. The Kier molecular flexibility index (Phi) is 2.87. The lowest BCUT2D eigenvalue weighted by molar-refractivity contribution is -0.0756. The highest BCUT2D eigenvalue weighted by Crippen LogP contribution is 2.08. The van der Waals surface area contributed by atoms with Gasteiger partial charge in [0.2, 0.25) is 0 Å². The fourth-order valence-electron chi connectivity index (χ4n) is 0.936. The van der Waals surface area contributed by atoms with Gasteiger partial charge in [0.05, 0.1) is 7.11 Å². The lowest BCUT2D eigenvalue weighted by Crippen LogP contribution is -2.25. The van der Waals surface area contributed by atoms with Gasteiger partial charge in [0.25, 0.3) is 5.91 Å². The highest BCUT2D eigenvalue weighted by Gasteiger charge is 2.10. The Morgan fingerprint density at radius 1 is 1.54 bits per heavy atom. The number of hydrogen-bond acceptors (Lipinski definition) is 3. The van der Waals surface area contributed by atoms with Crippen molar-refractivity contribution in [1.29, 1.82) is 0 Å². The summed E-state index contributed by atoms with van der Waals surface area (Å²) in [6.07, 6.45) is 0. The minimum absolute atomic E-state index is 0.213.